The Balaban J connectivity index is 1.56. The molecule has 194 valence electrons. The number of fused-ring (bicyclic) bond motifs is 2. The van der Waals surface area contributed by atoms with Gasteiger partial charge in [-0.1, -0.05) is 60.1 Å². The van der Waals surface area contributed by atoms with Crippen molar-refractivity contribution < 1.29 is 13.1 Å². The van der Waals surface area contributed by atoms with Crippen molar-refractivity contribution in [2.75, 3.05) is 18.0 Å². The summed E-state index contributed by atoms with van der Waals surface area (Å²) in [6.07, 6.45) is 8.24. The summed E-state index contributed by atoms with van der Waals surface area (Å²) in [4.78, 5) is 11.2. The van der Waals surface area contributed by atoms with Gasteiger partial charge in [0, 0.05) is 42.2 Å². The Morgan fingerprint density at radius 2 is 1.44 bits per heavy atom. The van der Waals surface area contributed by atoms with Crippen LogP contribution < -0.4 is 4.90 Å². The molecule has 4 aromatic rings. The second-order valence-corrected chi connectivity index (χ2v) is 10.4. The predicted molar refractivity (Wildman–Crippen MR) is 152 cm³/mol. The molecule has 7 rings (SSSR count). The van der Waals surface area contributed by atoms with Crippen molar-refractivity contribution in [3.63, 3.8) is 0 Å². The molecule has 2 aromatic carbocycles. The molecule has 0 unspecified atom stereocenters. The topological polar surface area (TPSA) is 37.0 Å². The lowest BCUT2D eigenvalue weighted by atomic mass is 9.85. The molecule has 0 atom stereocenters. The van der Waals surface area contributed by atoms with Crippen LogP contribution in [0.4, 0.5) is 14.4 Å². The van der Waals surface area contributed by atoms with Crippen molar-refractivity contribution in [1.82, 2.24) is 14.4 Å². The Hall–Kier alpha value is -4.04. The fourth-order valence-electron chi connectivity index (χ4n) is 6.08. The zero-order chi connectivity index (χ0) is 26.6. The minimum absolute atomic E-state index is 0.251. The molecule has 0 N–H and O–H groups in total. The van der Waals surface area contributed by atoms with Crippen molar-refractivity contribution in [3.8, 4) is 11.3 Å². The van der Waals surface area contributed by atoms with E-state index in [4.69, 9.17) is 11.6 Å². The first-order valence-electron chi connectivity index (χ1n) is 13.2. The Bertz CT molecular complexity index is 1670. The summed E-state index contributed by atoms with van der Waals surface area (Å²) in [5, 5.41) is 0.251. The molecule has 0 aliphatic carbocycles. The lowest BCUT2D eigenvalue weighted by Gasteiger charge is -2.35. The minimum atomic E-state index is -4.26. The summed E-state index contributed by atoms with van der Waals surface area (Å²) in [6.45, 7) is -2.59. The van der Waals surface area contributed by atoms with Gasteiger partial charge < -0.3 is 22.5 Å². The molecule has 5 heterocycles. The summed E-state index contributed by atoms with van der Waals surface area (Å²) >= 11 is 6.83. The molecule has 3 aliphatic heterocycles. The Kier molecular flexibility index (Phi) is 5.74. The van der Waals surface area contributed by atoms with Crippen molar-refractivity contribution in [3.05, 3.63) is 119 Å². The third-order valence-electron chi connectivity index (χ3n) is 7.80. The largest absolute Gasteiger partial charge is 0.737 e. The molecule has 2 aromatic heterocycles. The van der Waals surface area contributed by atoms with Gasteiger partial charge in [-0.2, -0.15) is 0 Å². The van der Waals surface area contributed by atoms with Crippen LogP contribution in [0.25, 0.3) is 16.8 Å². The van der Waals surface area contributed by atoms with Crippen LogP contribution >= 0.6 is 11.6 Å². The zero-order valence-electron chi connectivity index (χ0n) is 21.1. The molecule has 1 saturated heterocycles. The summed E-state index contributed by atoms with van der Waals surface area (Å²) in [7, 11) is 0. The van der Waals surface area contributed by atoms with E-state index in [2.05, 4.69) is 14.9 Å². The van der Waals surface area contributed by atoms with Gasteiger partial charge in [-0.3, -0.25) is 0 Å². The first kappa shape index (κ1) is 24.0. The van der Waals surface area contributed by atoms with E-state index >= 15 is 8.63 Å². The number of piperidine rings is 1. The van der Waals surface area contributed by atoms with E-state index in [-0.39, 0.29) is 5.15 Å². The third-order valence-corrected chi connectivity index (χ3v) is 8.08. The summed E-state index contributed by atoms with van der Waals surface area (Å²) in [5.41, 5.74) is 4.32. The Morgan fingerprint density at radius 1 is 0.769 bits per heavy atom. The number of benzene rings is 2. The Morgan fingerprint density at radius 3 is 2.15 bits per heavy atom. The van der Waals surface area contributed by atoms with E-state index < -0.39 is 6.97 Å². The number of nitrogens with zero attached hydrogens (tertiary/aromatic N) is 5. The van der Waals surface area contributed by atoms with E-state index in [1.165, 1.54) is 15.3 Å². The zero-order valence-corrected chi connectivity index (χ0v) is 21.9. The number of rotatable bonds is 4. The Labute approximate surface area is 230 Å². The van der Waals surface area contributed by atoms with E-state index in [1.807, 2.05) is 60.7 Å². The molecule has 39 heavy (non-hydrogen) atoms. The minimum Gasteiger partial charge on any atom is -0.389 e. The van der Waals surface area contributed by atoms with Crippen molar-refractivity contribution in [2.24, 2.45) is 0 Å². The first-order chi connectivity index (χ1) is 19.1. The highest BCUT2D eigenvalue weighted by Crippen LogP contribution is 2.46. The second-order valence-electron chi connectivity index (χ2n) is 10.1. The molecule has 3 aliphatic rings. The van der Waals surface area contributed by atoms with Crippen LogP contribution in [0.3, 0.4) is 0 Å². The normalized spacial score (nSPS) is 18.0. The standard InChI is InChI=1S/C30H25BClF2N5/c32-29-28(30(36-20-35-29)37-18-8-3-9-19-37)27-25-16-14-23(21-10-4-1-5-11-21)38(25)31(33,34)39-24(15-17-26(27)39)22-12-6-2-7-13-22/h1-2,4-7,10-17,20H,3,8-9,18-19H2. The maximum atomic E-state index is 16.9. The highest BCUT2D eigenvalue weighted by molar-refractivity contribution is 6.59. The number of halogens is 3. The van der Waals surface area contributed by atoms with Crippen LogP contribution in [0, 0.1) is 0 Å². The van der Waals surface area contributed by atoms with Gasteiger partial charge in [0.15, 0.2) is 11.4 Å². The number of allylic oxidation sites excluding steroid dienone is 2. The molecule has 1 fully saturated rings. The van der Waals surface area contributed by atoms with Crippen molar-refractivity contribution in [2.45, 2.75) is 19.3 Å². The highest BCUT2D eigenvalue weighted by Gasteiger charge is 2.55. The molecule has 0 radical (unpaired) electrons. The van der Waals surface area contributed by atoms with Crippen LogP contribution in [-0.2, 0) is 0 Å². The lowest BCUT2D eigenvalue weighted by molar-refractivity contribution is -0.360. The van der Waals surface area contributed by atoms with Crippen LogP contribution in [0.1, 0.15) is 36.1 Å². The van der Waals surface area contributed by atoms with Gasteiger partial charge in [-0.05, 0) is 49.1 Å². The van der Waals surface area contributed by atoms with E-state index in [0.717, 1.165) is 32.4 Å². The molecule has 0 spiro atoms. The van der Waals surface area contributed by atoms with Gasteiger partial charge in [0.2, 0.25) is 0 Å². The SMILES string of the molecule is F[B-]1(F)n2c(ccc2-c2ccccc2)C(c2c(Cl)ncnc2N2CCCCC2)=C2C=CC(c3ccccc3)=[N+]21. The number of anilines is 1. The van der Waals surface area contributed by atoms with Gasteiger partial charge in [-0.25, -0.2) is 9.97 Å². The predicted octanol–water partition coefficient (Wildman–Crippen LogP) is 6.66. The van der Waals surface area contributed by atoms with Gasteiger partial charge in [0.25, 0.3) is 0 Å². The lowest BCUT2D eigenvalue weighted by Crippen LogP contribution is -2.51. The maximum Gasteiger partial charge on any atom is 0.737 e. The number of aromatic nitrogens is 3. The van der Waals surface area contributed by atoms with Crippen molar-refractivity contribution in [1.29, 1.82) is 0 Å². The molecule has 0 bridgehead atoms. The maximum absolute atomic E-state index is 16.9. The van der Waals surface area contributed by atoms with Crippen molar-refractivity contribution >= 4 is 35.7 Å². The van der Waals surface area contributed by atoms with Crippen LogP contribution in [0.5, 0.6) is 0 Å². The summed E-state index contributed by atoms with van der Waals surface area (Å²) in [6, 6.07) is 22.2. The van der Waals surface area contributed by atoms with E-state index in [1.54, 1.807) is 24.3 Å². The smallest absolute Gasteiger partial charge is 0.389 e. The average molecular weight is 540 g/mol. The fraction of sp³-hybridized carbons (Fsp3) is 0.167. The molecule has 9 heteroatoms. The quantitative estimate of drug-likeness (QED) is 0.215. The average Bonchev–Trinajstić information content (AvgIpc) is 3.62. The van der Waals surface area contributed by atoms with E-state index in [0.29, 0.717) is 50.9 Å². The van der Waals surface area contributed by atoms with Crippen LogP contribution in [0.15, 0.2) is 97.0 Å². The fourth-order valence-corrected chi connectivity index (χ4v) is 6.30. The number of hydrogen-bond acceptors (Lipinski definition) is 3. The summed E-state index contributed by atoms with van der Waals surface area (Å²) < 4.78 is 36.2. The van der Waals surface area contributed by atoms with Gasteiger partial charge in [-0.15, -0.1) is 0 Å². The van der Waals surface area contributed by atoms with Gasteiger partial charge >= 0.3 is 6.97 Å². The molecule has 5 nitrogen and oxygen atoms in total. The third kappa shape index (κ3) is 3.77. The molecule has 0 amide bonds. The molecule has 0 saturated carbocycles. The molecular formula is C30H25BClF2N5. The second kappa shape index (κ2) is 9.31. The molecular weight excluding hydrogens is 515 g/mol. The van der Waals surface area contributed by atoms with Gasteiger partial charge in [0.05, 0.1) is 11.1 Å². The van der Waals surface area contributed by atoms with E-state index in [9.17, 15) is 0 Å². The monoisotopic (exact) mass is 539 g/mol. The van der Waals surface area contributed by atoms with Crippen LogP contribution in [-0.4, -0.2) is 44.7 Å². The number of hydrogen-bond donors (Lipinski definition) is 0. The van der Waals surface area contributed by atoms with Crippen LogP contribution in [0.2, 0.25) is 5.15 Å². The first-order valence-corrected chi connectivity index (χ1v) is 13.6. The highest BCUT2D eigenvalue weighted by atomic mass is 35.5. The summed E-state index contributed by atoms with van der Waals surface area (Å²) in [5.74, 6) is 0.686. The van der Waals surface area contributed by atoms with Gasteiger partial charge in [0.1, 0.15) is 17.3 Å².